The van der Waals surface area contributed by atoms with Gasteiger partial charge in [0.2, 0.25) is 11.8 Å². The SMILES string of the molecule is CCc1noc(NC(C)=O)c1-c1ccc(OC)c(S(=O)(=O)Nc2ccc(F)cc2)c1. The first-order valence-corrected chi connectivity index (χ1v) is 10.5. The number of ether oxygens (including phenoxy) is 1. The molecule has 30 heavy (non-hydrogen) atoms. The molecule has 1 aromatic heterocycles. The van der Waals surface area contributed by atoms with Crippen LogP contribution in [0, 0.1) is 5.82 Å². The first-order valence-electron chi connectivity index (χ1n) is 8.98. The van der Waals surface area contributed by atoms with Gasteiger partial charge in [-0.15, -0.1) is 0 Å². The fourth-order valence-corrected chi connectivity index (χ4v) is 4.13. The number of hydrogen-bond acceptors (Lipinski definition) is 6. The van der Waals surface area contributed by atoms with Crippen molar-refractivity contribution in [2.24, 2.45) is 0 Å². The van der Waals surface area contributed by atoms with Crippen LogP contribution in [-0.4, -0.2) is 26.6 Å². The average molecular weight is 433 g/mol. The monoisotopic (exact) mass is 433 g/mol. The summed E-state index contributed by atoms with van der Waals surface area (Å²) in [5.41, 5.74) is 1.70. The highest BCUT2D eigenvalue weighted by atomic mass is 32.2. The van der Waals surface area contributed by atoms with Gasteiger partial charge < -0.3 is 9.26 Å². The van der Waals surface area contributed by atoms with E-state index in [0.717, 1.165) is 12.1 Å². The highest BCUT2D eigenvalue weighted by Gasteiger charge is 2.24. The Hall–Kier alpha value is -3.40. The van der Waals surface area contributed by atoms with Gasteiger partial charge in [0.05, 0.1) is 18.4 Å². The summed E-state index contributed by atoms with van der Waals surface area (Å²) in [7, 11) is -2.72. The van der Waals surface area contributed by atoms with Crippen molar-refractivity contribution in [3.8, 4) is 16.9 Å². The van der Waals surface area contributed by atoms with Crippen molar-refractivity contribution in [3.63, 3.8) is 0 Å². The summed E-state index contributed by atoms with van der Waals surface area (Å²) in [6, 6.07) is 9.47. The van der Waals surface area contributed by atoms with Gasteiger partial charge in [0.25, 0.3) is 10.0 Å². The molecule has 0 saturated heterocycles. The second-order valence-corrected chi connectivity index (χ2v) is 8.00. The number of hydrogen-bond donors (Lipinski definition) is 2. The topological polar surface area (TPSA) is 111 Å². The number of nitrogens with one attached hydrogen (secondary N) is 2. The van der Waals surface area contributed by atoms with Crippen LogP contribution in [0.2, 0.25) is 0 Å². The number of amides is 1. The van der Waals surface area contributed by atoms with E-state index >= 15 is 0 Å². The van der Waals surface area contributed by atoms with E-state index in [9.17, 15) is 17.6 Å². The van der Waals surface area contributed by atoms with Crippen LogP contribution in [0.5, 0.6) is 5.75 Å². The molecule has 0 aliphatic rings. The summed E-state index contributed by atoms with van der Waals surface area (Å²) >= 11 is 0. The van der Waals surface area contributed by atoms with Crippen LogP contribution >= 0.6 is 0 Å². The maximum absolute atomic E-state index is 13.1. The zero-order chi connectivity index (χ0) is 21.9. The van der Waals surface area contributed by atoms with Gasteiger partial charge in [-0.25, -0.2) is 12.8 Å². The molecule has 2 aromatic carbocycles. The molecule has 1 heterocycles. The van der Waals surface area contributed by atoms with Gasteiger partial charge >= 0.3 is 0 Å². The number of anilines is 2. The van der Waals surface area contributed by atoms with Crippen LogP contribution in [0.3, 0.4) is 0 Å². The fraction of sp³-hybridized carbons (Fsp3) is 0.200. The average Bonchev–Trinajstić information content (AvgIpc) is 3.11. The Kier molecular flexibility index (Phi) is 6.06. The fourth-order valence-electron chi connectivity index (χ4n) is 2.88. The number of rotatable bonds is 7. The molecule has 158 valence electrons. The number of sulfonamides is 1. The first-order chi connectivity index (χ1) is 14.2. The Morgan fingerprint density at radius 1 is 1.20 bits per heavy atom. The van der Waals surface area contributed by atoms with Gasteiger partial charge in [-0.3, -0.25) is 14.8 Å². The molecule has 8 nitrogen and oxygen atoms in total. The van der Waals surface area contributed by atoms with Crippen molar-refractivity contribution in [1.82, 2.24) is 5.16 Å². The van der Waals surface area contributed by atoms with E-state index in [-0.39, 0.29) is 28.1 Å². The Bertz CT molecular complexity index is 1170. The molecule has 0 unspecified atom stereocenters. The smallest absolute Gasteiger partial charge is 0.265 e. The van der Waals surface area contributed by atoms with E-state index in [0.29, 0.717) is 23.2 Å². The third-order valence-electron chi connectivity index (χ3n) is 4.23. The Morgan fingerprint density at radius 3 is 2.50 bits per heavy atom. The van der Waals surface area contributed by atoms with E-state index < -0.39 is 15.8 Å². The minimum Gasteiger partial charge on any atom is -0.495 e. The van der Waals surface area contributed by atoms with E-state index in [1.807, 2.05) is 6.92 Å². The second-order valence-electron chi connectivity index (χ2n) is 6.35. The van der Waals surface area contributed by atoms with Gasteiger partial charge in [0, 0.05) is 12.6 Å². The van der Waals surface area contributed by atoms with Crippen molar-refractivity contribution < 1.29 is 26.9 Å². The molecule has 0 spiro atoms. The van der Waals surface area contributed by atoms with E-state index in [4.69, 9.17) is 9.26 Å². The predicted octanol–water partition coefficient (Wildman–Crippen LogP) is 3.81. The molecule has 0 saturated carbocycles. The molecule has 0 atom stereocenters. The molecule has 0 radical (unpaired) electrons. The van der Waals surface area contributed by atoms with Gasteiger partial charge in [0.1, 0.15) is 16.5 Å². The summed E-state index contributed by atoms with van der Waals surface area (Å²) in [4.78, 5) is 11.4. The molecule has 10 heteroatoms. The number of carbonyl (C=O) groups excluding carboxylic acids is 1. The van der Waals surface area contributed by atoms with E-state index in [1.165, 1.54) is 38.3 Å². The van der Waals surface area contributed by atoms with Crippen LogP contribution in [0.1, 0.15) is 19.5 Å². The number of aryl methyl sites for hydroxylation is 1. The third kappa shape index (κ3) is 4.43. The molecule has 0 aliphatic carbocycles. The molecule has 1 amide bonds. The quantitative estimate of drug-likeness (QED) is 0.586. The van der Waals surface area contributed by atoms with Crippen LogP contribution in [0.4, 0.5) is 16.0 Å². The largest absolute Gasteiger partial charge is 0.495 e. The number of carbonyl (C=O) groups is 1. The molecule has 2 N–H and O–H groups in total. The summed E-state index contributed by atoms with van der Waals surface area (Å²) in [6.45, 7) is 3.19. The van der Waals surface area contributed by atoms with Gasteiger partial charge in [-0.1, -0.05) is 18.1 Å². The molecule has 3 rings (SSSR count). The molecule has 0 aliphatic heterocycles. The number of nitrogens with zero attached hydrogens (tertiary/aromatic N) is 1. The maximum Gasteiger partial charge on any atom is 0.265 e. The lowest BCUT2D eigenvalue weighted by atomic mass is 10.0. The minimum atomic E-state index is -4.07. The number of benzene rings is 2. The highest BCUT2D eigenvalue weighted by Crippen LogP contribution is 2.36. The lowest BCUT2D eigenvalue weighted by molar-refractivity contribution is -0.114. The molecule has 0 fully saturated rings. The molecular weight excluding hydrogens is 413 g/mol. The second kappa shape index (κ2) is 8.54. The standard InChI is InChI=1S/C20H20FN3O5S/c1-4-16-19(20(29-23-16)22-12(2)25)13-5-10-17(28-3)18(11-13)30(26,27)24-15-8-6-14(21)7-9-15/h5-11,24H,4H2,1-3H3,(H,22,25). The Morgan fingerprint density at radius 2 is 1.90 bits per heavy atom. The van der Waals surface area contributed by atoms with Crippen molar-refractivity contribution in [2.75, 3.05) is 17.1 Å². The predicted molar refractivity (Wildman–Crippen MR) is 109 cm³/mol. The van der Waals surface area contributed by atoms with Crippen molar-refractivity contribution in [3.05, 3.63) is 54.0 Å². The zero-order valence-corrected chi connectivity index (χ0v) is 17.3. The van der Waals surface area contributed by atoms with Crippen LogP contribution in [-0.2, 0) is 21.2 Å². The lowest BCUT2D eigenvalue weighted by Gasteiger charge is -2.13. The van der Waals surface area contributed by atoms with Gasteiger partial charge in [0.15, 0.2) is 0 Å². The van der Waals surface area contributed by atoms with E-state index in [1.54, 1.807) is 6.07 Å². The zero-order valence-electron chi connectivity index (χ0n) is 16.5. The van der Waals surface area contributed by atoms with Crippen molar-refractivity contribution in [2.45, 2.75) is 25.2 Å². The molecular formula is C20H20FN3O5S. The molecule has 0 bridgehead atoms. The summed E-state index contributed by atoms with van der Waals surface area (Å²) in [5, 5.41) is 6.51. The normalized spacial score (nSPS) is 11.2. The number of methoxy groups -OCH3 is 1. The van der Waals surface area contributed by atoms with Crippen molar-refractivity contribution in [1.29, 1.82) is 0 Å². The summed E-state index contributed by atoms with van der Waals surface area (Å²) < 4.78 is 52.0. The van der Waals surface area contributed by atoms with Crippen LogP contribution < -0.4 is 14.8 Å². The summed E-state index contributed by atoms with van der Waals surface area (Å²) in [5.74, 6) is -0.597. The van der Waals surface area contributed by atoms with Gasteiger partial charge in [-0.2, -0.15) is 0 Å². The van der Waals surface area contributed by atoms with E-state index in [2.05, 4.69) is 15.2 Å². The van der Waals surface area contributed by atoms with Gasteiger partial charge in [-0.05, 0) is 48.4 Å². The van der Waals surface area contributed by atoms with Crippen LogP contribution in [0.25, 0.3) is 11.1 Å². The first kappa shape index (κ1) is 21.3. The lowest BCUT2D eigenvalue weighted by Crippen LogP contribution is -2.14. The van der Waals surface area contributed by atoms with Crippen LogP contribution in [0.15, 0.2) is 51.9 Å². The Labute approximate surface area is 173 Å². The minimum absolute atomic E-state index is 0.115. The summed E-state index contributed by atoms with van der Waals surface area (Å²) in [6.07, 6.45) is 0.500. The Balaban J connectivity index is 2.09. The number of halogens is 1. The molecule has 3 aromatic rings. The number of aromatic nitrogens is 1. The maximum atomic E-state index is 13.1. The van der Waals surface area contributed by atoms with Crippen molar-refractivity contribution >= 4 is 27.5 Å². The third-order valence-corrected chi connectivity index (χ3v) is 5.63. The highest BCUT2D eigenvalue weighted by molar-refractivity contribution is 7.92.